The van der Waals surface area contributed by atoms with Crippen LogP contribution in [0.25, 0.3) is 0 Å². The Bertz CT molecular complexity index is 326. The van der Waals surface area contributed by atoms with E-state index in [9.17, 15) is 9.59 Å². The Balaban J connectivity index is 1.96. The highest BCUT2D eigenvalue weighted by Gasteiger charge is 2.22. The van der Waals surface area contributed by atoms with Gasteiger partial charge in [0, 0.05) is 52.4 Å². The topological polar surface area (TPSA) is 67.3 Å². The maximum absolute atomic E-state index is 11.0. The molecule has 2 rings (SSSR count). The Morgan fingerprint density at radius 2 is 1.47 bits per heavy atom. The highest BCUT2D eigenvalue weighted by Crippen LogP contribution is 2.06. The van der Waals surface area contributed by atoms with Crippen LogP contribution in [0.15, 0.2) is 0 Å². The molecule has 108 valence electrons. The molecular formula is C12H22N4O3. The number of hydrogen-bond acceptors (Lipinski definition) is 5. The summed E-state index contributed by atoms with van der Waals surface area (Å²) < 4.78 is 0. The summed E-state index contributed by atoms with van der Waals surface area (Å²) in [6.07, 6.45) is 0.866. The van der Waals surface area contributed by atoms with E-state index in [-0.39, 0.29) is 6.54 Å². The summed E-state index contributed by atoms with van der Waals surface area (Å²) in [6.45, 7) is 7.51. The van der Waals surface area contributed by atoms with E-state index in [0.29, 0.717) is 13.1 Å². The minimum atomic E-state index is -0.810. The fraction of sp³-hybridized carbons (Fsp3) is 0.833. The minimum absolute atomic E-state index is 0.0459. The molecule has 0 aromatic carbocycles. The van der Waals surface area contributed by atoms with Gasteiger partial charge in [-0.3, -0.25) is 24.3 Å². The number of carboxylic acids is 1. The van der Waals surface area contributed by atoms with E-state index in [1.54, 1.807) is 4.90 Å². The van der Waals surface area contributed by atoms with Crippen LogP contribution in [0.3, 0.4) is 0 Å². The van der Waals surface area contributed by atoms with Gasteiger partial charge in [-0.1, -0.05) is 0 Å². The highest BCUT2D eigenvalue weighted by atomic mass is 16.4. The predicted molar refractivity (Wildman–Crippen MR) is 69.7 cm³/mol. The first kappa shape index (κ1) is 14.2. The Morgan fingerprint density at radius 1 is 0.947 bits per heavy atom. The van der Waals surface area contributed by atoms with Gasteiger partial charge in [-0.2, -0.15) is 0 Å². The van der Waals surface area contributed by atoms with E-state index in [2.05, 4.69) is 9.80 Å². The molecule has 2 saturated heterocycles. The summed E-state index contributed by atoms with van der Waals surface area (Å²) in [6, 6.07) is 0. The molecule has 7 nitrogen and oxygen atoms in total. The van der Waals surface area contributed by atoms with Crippen molar-refractivity contribution in [1.29, 1.82) is 0 Å². The molecule has 2 bridgehead atoms. The van der Waals surface area contributed by atoms with Crippen molar-refractivity contribution in [2.45, 2.75) is 0 Å². The number of carbonyl (C=O) groups excluding carboxylic acids is 1. The summed E-state index contributed by atoms with van der Waals surface area (Å²) in [5, 5.41) is 8.92. The quantitative estimate of drug-likeness (QED) is 0.624. The van der Waals surface area contributed by atoms with Gasteiger partial charge in [0.05, 0.1) is 13.2 Å². The van der Waals surface area contributed by atoms with Crippen LogP contribution in [-0.4, -0.2) is 103 Å². The van der Waals surface area contributed by atoms with E-state index >= 15 is 0 Å². The molecule has 2 fully saturated rings. The number of nitrogens with zero attached hydrogens (tertiary/aromatic N) is 4. The molecule has 0 aromatic rings. The lowest BCUT2D eigenvalue weighted by Crippen LogP contribution is -2.41. The molecule has 0 radical (unpaired) electrons. The first-order valence-corrected chi connectivity index (χ1v) is 6.75. The van der Waals surface area contributed by atoms with Gasteiger partial charge in [0.15, 0.2) is 0 Å². The van der Waals surface area contributed by atoms with Crippen LogP contribution in [-0.2, 0) is 9.59 Å². The molecule has 2 heterocycles. The molecule has 2 aliphatic rings. The predicted octanol–water partition coefficient (Wildman–Crippen LogP) is -1.58. The van der Waals surface area contributed by atoms with Crippen molar-refractivity contribution in [1.82, 2.24) is 19.6 Å². The van der Waals surface area contributed by atoms with E-state index in [4.69, 9.17) is 5.11 Å². The lowest BCUT2D eigenvalue weighted by atomic mass is 10.4. The third kappa shape index (κ3) is 4.45. The third-order valence-corrected chi connectivity index (χ3v) is 3.78. The summed E-state index contributed by atoms with van der Waals surface area (Å²) in [5.74, 6) is -0.810. The lowest BCUT2D eigenvalue weighted by molar-refractivity contribution is -0.138. The molecule has 0 saturated carbocycles. The monoisotopic (exact) mass is 270 g/mol. The second kappa shape index (κ2) is 6.83. The van der Waals surface area contributed by atoms with Crippen LogP contribution in [0.4, 0.5) is 0 Å². The van der Waals surface area contributed by atoms with Crippen molar-refractivity contribution in [2.75, 3.05) is 65.6 Å². The van der Waals surface area contributed by atoms with Gasteiger partial charge < -0.3 is 10.0 Å². The zero-order valence-corrected chi connectivity index (χ0v) is 11.2. The van der Waals surface area contributed by atoms with Gasteiger partial charge >= 0.3 is 5.97 Å². The maximum atomic E-state index is 11.0. The molecular weight excluding hydrogens is 248 g/mol. The molecule has 19 heavy (non-hydrogen) atoms. The van der Waals surface area contributed by atoms with Gasteiger partial charge in [0.1, 0.15) is 0 Å². The summed E-state index contributed by atoms with van der Waals surface area (Å²) >= 11 is 0. The number of amides is 1. The number of aliphatic carboxylic acids is 1. The Kier molecular flexibility index (Phi) is 5.12. The van der Waals surface area contributed by atoms with Crippen LogP contribution >= 0.6 is 0 Å². The minimum Gasteiger partial charge on any atom is -0.480 e. The molecule has 0 aromatic heterocycles. The molecule has 2 unspecified atom stereocenters. The van der Waals surface area contributed by atoms with Gasteiger partial charge in [-0.15, -0.1) is 0 Å². The van der Waals surface area contributed by atoms with Crippen molar-refractivity contribution in [3.63, 3.8) is 0 Å². The van der Waals surface area contributed by atoms with E-state index in [1.807, 2.05) is 4.90 Å². The van der Waals surface area contributed by atoms with Crippen LogP contribution in [0.1, 0.15) is 0 Å². The largest absolute Gasteiger partial charge is 0.480 e. The molecule has 1 amide bonds. The van der Waals surface area contributed by atoms with Gasteiger partial charge in [0.2, 0.25) is 6.41 Å². The van der Waals surface area contributed by atoms with Crippen LogP contribution in [0.2, 0.25) is 0 Å². The fourth-order valence-corrected chi connectivity index (χ4v) is 2.57. The second-order valence-corrected chi connectivity index (χ2v) is 5.19. The lowest BCUT2D eigenvalue weighted by Gasteiger charge is -2.25. The molecule has 2 atom stereocenters. The van der Waals surface area contributed by atoms with Gasteiger partial charge in [0.25, 0.3) is 0 Å². The average molecular weight is 270 g/mol. The summed E-state index contributed by atoms with van der Waals surface area (Å²) in [4.78, 5) is 30.2. The van der Waals surface area contributed by atoms with Crippen molar-refractivity contribution in [2.24, 2.45) is 0 Å². The Hall–Kier alpha value is -1.18. The number of fused-ring (bicyclic) bond motifs is 2. The van der Waals surface area contributed by atoms with E-state index in [1.165, 1.54) is 0 Å². The van der Waals surface area contributed by atoms with E-state index < -0.39 is 5.97 Å². The highest BCUT2D eigenvalue weighted by molar-refractivity contribution is 5.69. The molecule has 2 aliphatic heterocycles. The van der Waals surface area contributed by atoms with Crippen molar-refractivity contribution < 1.29 is 14.7 Å². The van der Waals surface area contributed by atoms with Gasteiger partial charge in [-0.05, 0) is 0 Å². The Labute approximate surface area is 113 Å². The number of rotatable bonds is 3. The van der Waals surface area contributed by atoms with Crippen LogP contribution in [0.5, 0.6) is 0 Å². The zero-order chi connectivity index (χ0) is 13.7. The second-order valence-electron chi connectivity index (χ2n) is 5.19. The van der Waals surface area contributed by atoms with Crippen molar-refractivity contribution >= 4 is 12.4 Å². The fourth-order valence-electron chi connectivity index (χ4n) is 2.57. The van der Waals surface area contributed by atoms with Gasteiger partial charge in [-0.25, -0.2) is 0 Å². The zero-order valence-electron chi connectivity index (χ0n) is 11.2. The molecule has 0 spiro atoms. The third-order valence-electron chi connectivity index (χ3n) is 3.78. The molecule has 1 N–H and O–H groups in total. The maximum Gasteiger partial charge on any atom is 0.317 e. The standard InChI is InChI=1S/C12H22N4O3/c17-11-16-7-2-13(9-12(18)19)1-3-14-4-5-15(10-14)6-8-16/h11H,1-10H2,(H,18,19). The summed E-state index contributed by atoms with van der Waals surface area (Å²) in [5.41, 5.74) is 0. The molecule has 7 heteroatoms. The normalized spacial score (nSPS) is 29.8. The number of carboxylic acid groups (broad SMARTS) is 1. The smallest absolute Gasteiger partial charge is 0.317 e. The average Bonchev–Trinajstić information content (AvgIpc) is 2.80. The first-order valence-electron chi connectivity index (χ1n) is 6.75. The van der Waals surface area contributed by atoms with Crippen molar-refractivity contribution in [3.05, 3.63) is 0 Å². The SMILES string of the molecule is O=CN1CCN(CC(=O)O)CCN2CCN(CC1)C2. The van der Waals surface area contributed by atoms with Crippen LogP contribution < -0.4 is 0 Å². The van der Waals surface area contributed by atoms with Crippen molar-refractivity contribution in [3.8, 4) is 0 Å². The Morgan fingerprint density at radius 3 is 2.11 bits per heavy atom. The van der Waals surface area contributed by atoms with Crippen LogP contribution in [0, 0.1) is 0 Å². The first-order chi connectivity index (χ1) is 9.17. The summed E-state index contributed by atoms with van der Waals surface area (Å²) in [7, 11) is 0. The number of carbonyl (C=O) groups is 2. The van der Waals surface area contributed by atoms with E-state index in [0.717, 1.165) is 52.3 Å². The molecule has 0 aliphatic carbocycles. The number of hydrogen-bond donors (Lipinski definition) is 1.